The van der Waals surface area contributed by atoms with E-state index in [9.17, 15) is 0 Å². The van der Waals surface area contributed by atoms with Crippen molar-refractivity contribution < 1.29 is 4.74 Å². The number of anilines is 1. The topological polar surface area (TPSA) is 47.0 Å². The molecule has 0 aromatic carbocycles. The molecule has 0 saturated carbocycles. The summed E-state index contributed by atoms with van der Waals surface area (Å²) in [6.45, 7) is 3.94. The van der Waals surface area contributed by atoms with Gasteiger partial charge in [-0.25, -0.2) is 4.98 Å². The quantitative estimate of drug-likeness (QED) is 0.833. The summed E-state index contributed by atoms with van der Waals surface area (Å²) in [5, 5.41) is 4.14. The minimum atomic E-state index is 0.142. The molecule has 78 valence electrons. The lowest BCUT2D eigenvalue weighted by Crippen LogP contribution is -2.01. The predicted molar refractivity (Wildman–Crippen MR) is 56.6 cm³/mol. The van der Waals surface area contributed by atoms with Crippen LogP contribution in [0.3, 0.4) is 0 Å². The first-order valence-electron chi connectivity index (χ1n) is 5.09. The van der Waals surface area contributed by atoms with Gasteiger partial charge in [0.2, 0.25) is 5.13 Å². The molecule has 1 atom stereocenters. The smallest absolute Gasteiger partial charge is 0.202 e. The molecule has 1 aliphatic rings. The van der Waals surface area contributed by atoms with E-state index in [0.717, 1.165) is 43.4 Å². The van der Waals surface area contributed by atoms with Crippen LogP contribution in [0.2, 0.25) is 0 Å². The highest BCUT2D eigenvalue weighted by atomic mass is 32.1. The molecule has 1 aromatic heterocycles. The first-order chi connectivity index (χ1) is 6.90. The van der Waals surface area contributed by atoms with Crippen LogP contribution in [0.1, 0.15) is 38.1 Å². The van der Waals surface area contributed by atoms with Crippen LogP contribution in [0, 0.1) is 0 Å². The molecule has 1 N–H and O–H groups in total. The monoisotopic (exact) mass is 213 g/mol. The molecule has 1 saturated heterocycles. The van der Waals surface area contributed by atoms with Crippen LogP contribution < -0.4 is 5.32 Å². The van der Waals surface area contributed by atoms with E-state index < -0.39 is 0 Å². The van der Waals surface area contributed by atoms with Crippen LogP contribution in [0.15, 0.2) is 0 Å². The molecule has 0 aliphatic carbocycles. The normalized spacial score (nSPS) is 21.4. The lowest BCUT2D eigenvalue weighted by atomic mass is 10.2. The maximum absolute atomic E-state index is 5.51. The Labute approximate surface area is 87.9 Å². The Bertz CT molecular complexity index is 283. The highest BCUT2D eigenvalue weighted by Gasteiger charge is 2.21. The Morgan fingerprint density at radius 2 is 2.57 bits per heavy atom. The van der Waals surface area contributed by atoms with E-state index in [4.69, 9.17) is 4.74 Å². The van der Waals surface area contributed by atoms with Crippen LogP contribution in [-0.2, 0) is 4.74 Å². The third-order valence-corrected chi connectivity index (χ3v) is 2.87. The molecule has 1 aromatic rings. The molecule has 2 rings (SSSR count). The summed E-state index contributed by atoms with van der Waals surface area (Å²) in [6.07, 6.45) is 3.43. The molecule has 0 radical (unpaired) electrons. The van der Waals surface area contributed by atoms with E-state index in [1.165, 1.54) is 11.5 Å². The lowest BCUT2D eigenvalue weighted by molar-refractivity contribution is 0.106. The van der Waals surface area contributed by atoms with Crippen molar-refractivity contribution >= 4 is 16.7 Å². The number of ether oxygens (including phenoxy) is 1. The van der Waals surface area contributed by atoms with Crippen molar-refractivity contribution in [3.05, 3.63) is 5.82 Å². The zero-order chi connectivity index (χ0) is 9.80. The summed E-state index contributed by atoms with van der Waals surface area (Å²) < 4.78 is 9.80. The number of rotatable bonds is 4. The summed E-state index contributed by atoms with van der Waals surface area (Å²) in [6, 6.07) is 0. The molecular formula is C9H15N3OS. The highest BCUT2D eigenvalue weighted by molar-refractivity contribution is 7.09. The summed E-state index contributed by atoms with van der Waals surface area (Å²) in [4.78, 5) is 4.40. The zero-order valence-electron chi connectivity index (χ0n) is 8.32. The maximum Gasteiger partial charge on any atom is 0.202 e. The molecule has 0 bridgehead atoms. The molecule has 2 heterocycles. The first kappa shape index (κ1) is 9.86. The summed E-state index contributed by atoms with van der Waals surface area (Å²) in [7, 11) is 0. The van der Waals surface area contributed by atoms with Gasteiger partial charge in [-0.15, -0.1) is 0 Å². The van der Waals surface area contributed by atoms with Gasteiger partial charge in [0.1, 0.15) is 6.10 Å². The summed E-state index contributed by atoms with van der Waals surface area (Å²) in [5.74, 6) is 0.853. The van der Waals surface area contributed by atoms with Gasteiger partial charge in [-0.2, -0.15) is 4.37 Å². The number of nitrogens with one attached hydrogen (secondary N) is 1. The van der Waals surface area contributed by atoms with E-state index in [2.05, 4.69) is 21.6 Å². The van der Waals surface area contributed by atoms with Gasteiger partial charge in [-0.1, -0.05) is 6.92 Å². The maximum atomic E-state index is 5.51. The fourth-order valence-corrected chi connectivity index (χ4v) is 2.09. The molecule has 1 aliphatic heterocycles. The van der Waals surface area contributed by atoms with E-state index in [1.54, 1.807) is 0 Å². The van der Waals surface area contributed by atoms with Gasteiger partial charge in [-0.3, -0.25) is 0 Å². The van der Waals surface area contributed by atoms with E-state index in [0.29, 0.717) is 0 Å². The van der Waals surface area contributed by atoms with Gasteiger partial charge in [-0.05, 0) is 19.3 Å². The van der Waals surface area contributed by atoms with E-state index in [-0.39, 0.29) is 6.10 Å². The Kier molecular flexibility index (Phi) is 3.31. The third kappa shape index (κ3) is 2.22. The number of hydrogen-bond acceptors (Lipinski definition) is 5. The van der Waals surface area contributed by atoms with Crippen LogP contribution in [-0.4, -0.2) is 22.5 Å². The van der Waals surface area contributed by atoms with Gasteiger partial charge in [0, 0.05) is 24.7 Å². The minimum absolute atomic E-state index is 0.142. The molecule has 0 spiro atoms. The standard InChI is InChI=1S/C9H15N3OS/c1-2-5-10-9-11-8(12-14-9)7-4-3-6-13-7/h7H,2-6H2,1H3,(H,10,11,12). The van der Waals surface area contributed by atoms with Crippen molar-refractivity contribution in [1.29, 1.82) is 0 Å². The molecule has 0 amide bonds. The molecular weight excluding hydrogens is 198 g/mol. The predicted octanol–water partition coefficient (Wildman–Crippen LogP) is 2.21. The first-order valence-corrected chi connectivity index (χ1v) is 5.86. The Morgan fingerprint density at radius 1 is 1.64 bits per heavy atom. The van der Waals surface area contributed by atoms with Crippen molar-refractivity contribution in [2.75, 3.05) is 18.5 Å². The van der Waals surface area contributed by atoms with Gasteiger partial charge in [0.05, 0.1) is 0 Å². The number of hydrogen-bond donors (Lipinski definition) is 1. The van der Waals surface area contributed by atoms with Crippen LogP contribution in [0.4, 0.5) is 5.13 Å². The Balaban J connectivity index is 1.94. The molecule has 5 heteroatoms. The van der Waals surface area contributed by atoms with Crippen molar-refractivity contribution in [1.82, 2.24) is 9.36 Å². The second kappa shape index (κ2) is 4.70. The molecule has 14 heavy (non-hydrogen) atoms. The third-order valence-electron chi connectivity index (χ3n) is 2.19. The Hall–Kier alpha value is -0.680. The second-order valence-electron chi connectivity index (χ2n) is 3.39. The zero-order valence-corrected chi connectivity index (χ0v) is 9.14. The largest absolute Gasteiger partial charge is 0.370 e. The van der Waals surface area contributed by atoms with Gasteiger partial charge in [0.25, 0.3) is 0 Å². The highest BCUT2D eigenvalue weighted by Crippen LogP contribution is 2.28. The van der Waals surface area contributed by atoms with Gasteiger partial charge < -0.3 is 10.1 Å². The van der Waals surface area contributed by atoms with Crippen LogP contribution in [0.25, 0.3) is 0 Å². The second-order valence-corrected chi connectivity index (χ2v) is 4.14. The van der Waals surface area contributed by atoms with E-state index in [1.807, 2.05) is 0 Å². The average Bonchev–Trinajstić information content (AvgIpc) is 2.85. The van der Waals surface area contributed by atoms with Crippen molar-refractivity contribution in [2.45, 2.75) is 32.3 Å². The van der Waals surface area contributed by atoms with E-state index >= 15 is 0 Å². The number of nitrogens with zero attached hydrogens (tertiary/aromatic N) is 2. The summed E-state index contributed by atoms with van der Waals surface area (Å²) >= 11 is 1.42. The van der Waals surface area contributed by atoms with Crippen molar-refractivity contribution in [3.63, 3.8) is 0 Å². The molecule has 1 fully saturated rings. The minimum Gasteiger partial charge on any atom is -0.370 e. The summed E-state index contributed by atoms with van der Waals surface area (Å²) in [5.41, 5.74) is 0. The van der Waals surface area contributed by atoms with Crippen molar-refractivity contribution in [3.8, 4) is 0 Å². The van der Waals surface area contributed by atoms with Crippen LogP contribution >= 0.6 is 11.5 Å². The van der Waals surface area contributed by atoms with Gasteiger partial charge in [0.15, 0.2) is 5.82 Å². The SMILES string of the molecule is CCCNc1nc(C2CCCO2)ns1. The van der Waals surface area contributed by atoms with Gasteiger partial charge >= 0.3 is 0 Å². The fraction of sp³-hybridized carbons (Fsp3) is 0.778. The molecule has 4 nitrogen and oxygen atoms in total. The fourth-order valence-electron chi connectivity index (χ4n) is 1.45. The average molecular weight is 213 g/mol. The molecule has 1 unspecified atom stereocenters. The number of aromatic nitrogens is 2. The lowest BCUT2D eigenvalue weighted by Gasteiger charge is -2.02. The Morgan fingerprint density at radius 3 is 3.29 bits per heavy atom. The van der Waals surface area contributed by atoms with Crippen molar-refractivity contribution in [2.24, 2.45) is 0 Å². The van der Waals surface area contributed by atoms with Crippen LogP contribution in [0.5, 0.6) is 0 Å².